The van der Waals surface area contributed by atoms with E-state index in [1.807, 2.05) is 0 Å². The summed E-state index contributed by atoms with van der Waals surface area (Å²) in [6, 6.07) is 68.4. The van der Waals surface area contributed by atoms with Crippen molar-refractivity contribution < 1.29 is 0 Å². The maximum absolute atomic E-state index is 2.45. The summed E-state index contributed by atoms with van der Waals surface area (Å²) in [5, 5.41) is 9.84. The van der Waals surface area contributed by atoms with Gasteiger partial charge in [0.25, 0.3) is 0 Å². The molecule has 238 valence electrons. The van der Waals surface area contributed by atoms with Gasteiger partial charge >= 0.3 is 0 Å². The molecule has 0 spiro atoms. The van der Waals surface area contributed by atoms with Crippen LogP contribution in [0.3, 0.4) is 0 Å². The summed E-state index contributed by atoms with van der Waals surface area (Å²) >= 11 is 0. The number of hydrogen-bond donors (Lipinski definition) is 0. The second-order valence-corrected chi connectivity index (χ2v) is 12.8. The Morgan fingerprint density at radius 2 is 0.780 bits per heavy atom. The van der Waals surface area contributed by atoms with Gasteiger partial charge in [-0.2, -0.15) is 0 Å². The molecule has 2 nitrogen and oxygen atoms in total. The van der Waals surface area contributed by atoms with Gasteiger partial charge in [0, 0.05) is 45.2 Å². The molecule has 0 aliphatic carbocycles. The van der Waals surface area contributed by atoms with E-state index in [4.69, 9.17) is 0 Å². The number of para-hydroxylation sites is 2. The highest BCUT2D eigenvalue weighted by molar-refractivity contribution is 6.22. The van der Waals surface area contributed by atoms with Gasteiger partial charge in [0.05, 0.1) is 11.4 Å². The fourth-order valence-electron chi connectivity index (χ4n) is 7.60. The Morgan fingerprint density at radius 3 is 1.38 bits per heavy atom. The lowest BCUT2D eigenvalue weighted by Crippen LogP contribution is -2.18. The highest BCUT2D eigenvalue weighted by Gasteiger charge is 2.24. The average Bonchev–Trinajstić information content (AvgIpc) is 3.19. The molecule has 9 rings (SSSR count). The second-order valence-electron chi connectivity index (χ2n) is 12.8. The number of rotatable bonds is 7. The zero-order valence-electron chi connectivity index (χ0n) is 28.0. The van der Waals surface area contributed by atoms with Gasteiger partial charge in [-0.1, -0.05) is 140 Å². The molecule has 0 fully saturated rings. The third-order valence-electron chi connectivity index (χ3n) is 9.93. The number of benzene rings is 9. The van der Waals surface area contributed by atoms with E-state index < -0.39 is 0 Å². The van der Waals surface area contributed by atoms with Crippen LogP contribution in [0.4, 0.5) is 28.4 Å². The highest BCUT2D eigenvalue weighted by atomic mass is 15.2. The van der Waals surface area contributed by atoms with Crippen molar-refractivity contribution >= 4 is 71.5 Å². The van der Waals surface area contributed by atoms with Gasteiger partial charge in [0.15, 0.2) is 0 Å². The highest BCUT2D eigenvalue weighted by Crippen LogP contribution is 2.49. The van der Waals surface area contributed by atoms with Crippen molar-refractivity contribution in [3.63, 3.8) is 0 Å². The number of anilines is 5. The molecule has 50 heavy (non-hydrogen) atoms. The van der Waals surface area contributed by atoms with E-state index in [2.05, 4.69) is 205 Å². The SMILES string of the molecule is CCN(c1ccccc1)c1c2ccccc2c(N(c2ccccc2)c2ccc3cc(-c4ccc5ccccc5c4)ccc3c2)c2ccccc12. The average molecular weight is 641 g/mol. The monoisotopic (exact) mass is 640 g/mol. The number of nitrogens with zero attached hydrogens (tertiary/aromatic N) is 2. The first-order valence-electron chi connectivity index (χ1n) is 17.4. The molecule has 0 unspecified atom stereocenters. The normalized spacial score (nSPS) is 11.4. The van der Waals surface area contributed by atoms with Crippen LogP contribution in [0.15, 0.2) is 188 Å². The molecule has 0 saturated heterocycles. The number of fused-ring (bicyclic) bond motifs is 4. The summed E-state index contributed by atoms with van der Waals surface area (Å²) in [7, 11) is 0. The van der Waals surface area contributed by atoms with Crippen LogP contribution in [0.2, 0.25) is 0 Å². The number of hydrogen-bond acceptors (Lipinski definition) is 2. The van der Waals surface area contributed by atoms with Gasteiger partial charge in [-0.15, -0.1) is 0 Å². The van der Waals surface area contributed by atoms with Gasteiger partial charge in [-0.3, -0.25) is 0 Å². The molecule has 0 aromatic heterocycles. The first kappa shape index (κ1) is 29.7. The smallest absolute Gasteiger partial charge is 0.0619 e. The third-order valence-corrected chi connectivity index (χ3v) is 9.93. The van der Waals surface area contributed by atoms with Crippen LogP contribution in [0.5, 0.6) is 0 Å². The summed E-state index contributed by atoms with van der Waals surface area (Å²) in [6.07, 6.45) is 0. The Bertz CT molecular complexity index is 2590. The van der Waals surface area contributed by atoms with E-state index in [-0.39, 0.29) is 0 Å². The molecule has 9 aromatic rings. The second kappa shape index (κ2) is 12.6. The zero-order valence-corrected chi connectivity index (χ0v) is 28.0. The summed E-state index contributed by atoms with van der Waals surface area (Å²) in [5.41, 5.74) is 8.32. The molecular formula is C48H36N2. The molecule has 2 heteroatoms. The van der Waals surface area contributed by atoms with Gasteiger partial charge in [-0.05, 0) is 88.1 Å². The van der Waals surface area contributed by atoms with Crippen molar-refractivity contribution in [1.82, 2.24) is 0 Å². The topological polar surface area (TPSA) is 6.48 Å². The van der Waals surface area contributed by atoms with Crippen molar-refractivity contribution in [2.45, 2.75) is 6.92 Å². The van der Waals surface area contributed by atoms with Crippen molar-refractivity contribution in [3.8, 4) is 11.1 Å². The molecule has 0 aliphatic heterocycles. The standard InChI is InChI=1S/C48H36N2/c1-2-49(40-17-5-3-6-18-40)47-43-21-11-13-23-45(43)48(46-24-14-12-22-44(46)47)50(41-19-7-4-8-20-41)42-30-29-38-32-37(27-28-39(38)33-42)36-26-25-34-15-9-10-16-35(34)31-36/h3-33H,2H2,1H3. The van der Waals surface area contributed by atoms with Crippen LogP contribution in [0.25, 0.3) is 54.2 Å². The minimum atomic E-state index is 0.853. The Hall–Kier alpha value is -6.38. The summed E-state index contributed by atoms with van der Waals surface area (Å²) in [6.45, 7) is 3.09. The maximum Gasteiger partial charge on any atom is 0.0619 e. The van der Waals surface area contributed by atoms with Crippen molar-refractivity contribution in [2.75, 3.05) is 16.3 Å². The maximum atomic E-state index is 2.45. The van der Waals surface area contributed by atoms with Crippen LogP contribution in [-0.2, 0) is 0 Å². The van der Waals surface area contributed by atoms with Crippen LogP contribution in [0.1, 0.15) is 6.92 Å². The van der Waals surface area contributed by atoms with E-state index in [0.717, 1.165) is 17.9 Å². The third kappa shape index (κ3) is 5.14. The summed E-state index contributed by atoms with van der Waals surface area (Å²) in [4.78, 5) is 4.90. The van der Waals surface area contributed by atoms with Gasteiger partial charge in [0.1, 0.15) is 0 Å². The lowest BCUT2D eigenvalue weighted by Gasteiger charge is -2.32. The first-order valence-corrected chi connectivity index (χ1v) is 17.4. The summed E-state index contributed by atoms with van der Waals surface area (Å²) < 4.78 is 0. The van der Waals surface area contributed by atoms with Gasteiger partial charge in [-0.25, -0.2) is 0 Å². The van der Waals surface area contributed by atoms with E-state index in [1.165, 1.54) is 71.3 Å². The fraction of sp³-hybridized carbons (Fsp3) is 0.0417. The summed E-state index contributed by atoms with van der Waals surface area (Å²) in [5.74, 6) is 0. The lowest BCUT2D eigenvalue weighted by molar-refractivity contribution is 1.04. The zero-order chi connectivity index (χ0) is 33.4. The molecule has 0 aliphatic rings. The molecular weight excluding hydrogens is 605 g/mol. The van der Waals surface area contributed by atoms with Crippen molar-refractivity contribution in [2.24, 2.45) is 0 Å². The molecule has 0 radical (unpaired) electrons. The predicted molar refractivity (Wildman–Crippen MR) is 216 cm³/mol. The van der Waals surface area contributed by atoms with E-state index >= 15 is 0 Å². The Labute approximate surface area is 293 Å². The molecule has 0 saturated carbocycles. The minimum absolute atomic E-state index is 0.853. The van der Waals surface area contributed by atoms with Crippen molar-refractivity contribution in [3.05, 3.63) is 188 Å². The lowest BCUT2D eigenvalue weighted by atomic mass is 9.95. The van der Waals surface area contributed by atoms with Crippen molar-refractivity contribution in [1.29, 1.82) is 0 Å². The van der Waals surface area contributed by atoms with E-state index in [9.17, 15) is 0 Å². The van der Waals surface area contributed by atoms with E-state index in [1.54, 1.807) is 0 Å². The van der Waals surface area contributed by atoms with E-state index in [0.29, 0.717) is 0 Å². The molecule has 0 bridgehead atoms. The Kier molecular flexibility index (Phi) is 7.48. The van der Waals surface area contributed by atoms with Gasteiger partial charge in [0.2, 0.25) is 0 Å². The van der Waals surface area contributed by atoms with Crippen LogP contribution in [0, 0.1) is 0 Å². The van der Waals surface area contributed by atoms with Crippen LogP contribution in [-0.4, -0.2) is 6.54 Å². The fourth-order valence-corrected chi connectivity index (χ4v) is 7.60. The Balaban J connectivity index is 1.25. The Morgan fingerprint density at radius 1 is 0.340 bits per heavy atom. The van der Waals surface area contributed by atoms with Crippen LogP contribution >= 0.6 is 0 Å². The molecule has 0 atom stereocenters. The molecule has 0 amide bonds. The van der Waals surface area contributed by atoms with Crippen LogP contribution < -0.4 is 9.80 Å². The van der Waals surface area contributed by atoms with Gasteiger partial charge < -0.3 is 9.80 Å². The minimum Gasteiger partial charge on any atom is -0.341 e. The molecule has 9 aromatic carbocycles. The molecule has 0 N–H and O–H groups in total. The quantitative estimate of drug-likeness (QED) is 0.126. The molecule has 0 heterocycles. The first-order chi connectivity index (χ1) is 24.8. The largest absolute Gasteiger partial charge is 0.341 e. The predicted octanol–water partition coefficient (Wildman–Crippen LogP) is 13.6.